The van der Waals surface area contributed by atoms with E-state index in [0.717, 1.165) is 35.2 Å². The van der Waals surface area contributed by atoms with E-state index < -0.39 is 0 Å². The van der Waals surface area contributed by atoms with Crippen LogP contribution in [0.4, 0.5) is 0 Å². The molecule has 1 aliphatic heterocycles. The lowest BCUT2D eigenvalue weighted by Gasteiger charge is -2.17. The van der Waals surface area contributed by atoms with Gasteiger partial charge in [0.15, 0.2) is 0 Å². The molecular formula is C20H20N4O. The second-order valence-corrected chi connectivity index (χ2v) is 7.15. The Morgan fingerprint density at radius 1 is 1.16 bits per heavy atom. The van der Waals surface area contributed by atoms with E-state index >= 15 is 0 Å². The van der Waals surface area contributed by atoms with Gasteiger partial charge in [0, 0.05) is 67.2 Å². The summed E-state index contributed by atoms with van der Waals surface area (Å²) in [6.07, 6.45) is 10.6. The van der Waals surface area contributed by atoms with Gasteiger partial charge in [-0.1, -0.05) is 18.2 Å². The van der Waals surface area contributed by atoms with Crippen molar-refractivity contribution in [2.45, 2.75) is 31.8 Å². The van der Waals surface area contributed by atoms with Crippen LogP contribution in [-0.4, -0.2) is 37.9 Å². The summed E-state index contributed by atoms with van der Waals surface area (Å²) in [4.78, 5) is 23.1. The van der Waals surface area contributed by atoms with Gasteiger partial charge in [-0.2, -0.15) is 0 Å². The number of hydrogen-bond donors (Lipinski definition) is 0. The lowest BCUT2D eigenvalue weighted by molar-refractivity contribution is -0.128. The average Bonchev–Trinajstić information content (AvgIpc) is 3.27. The molecule has 2 aromatic heterocycles. The number of imidazole rings is 1. The first-order chi connectivity index (χ1) is 12.3. The zero-order chi connectivity index (χ0) is 16.8. The molecule has 1 amide bonds. The number of amides is 1. The van der Waals surface area contributed by atoms with Crippen LogP contribution in [0.25, 0.3) is 22.2 Å². The number of rotatable bonds is 4. The first-order valence-corrected chi connectivity index (χ1v) is 8.93. The molecule has 5 nitrogen and oxygen atoms in total. The van der Waals surface area contributed by atoms with E-state index in [9.17, 15) is 4.79 Å². The molecule has 126 valence electrons. The maximum absolute atomic E-state index is 12.2. The van der Waals surface area contributed by atoms with Crippen LogP contribution in [0.5, 0.6) is 0 Å². The third kappa shape index (κ3) is 2.60. The van der Waals surface area contributed by atoms with E-state index in [1.807, 2.05) is 36.9 Å². The van der Waals surface area contributed by atoms with Crippen LogP contribution in [-0.2, 0) is 11.3 Å². The smallest absolute Gasteiger partial charge is 0.223 e. The highest BCUT2D eigenvalue weighted by Crippen LogP contribution is 2.34. The standard InChI is InChI=1S/C20H20N4O/c25-19-10-14(13-24(19)16-4-5-16)12-23-9-8-22-20(23)18-3-1-2-15-11-21-7-6-17(15)18/h1-3,6-9,11,14,16H,4-5,10,12-13H2. The third-order valence-electron chi connectivity index (χ3n) is 5.32. The number of aromatic nitrogens is 3. The van der Waals surface area contributed by atoms with Crippen molar-refractivity contribution in [1.29, 1.82) is 0 Å². The van der Waals surface area contributed by atoms with Gasteiger partial charge in [-0.15, -0.1) is 0 Å². The van der Waals surface area contributed by atoms with E-state index in [1.165, 1.54) is 12.8 Å². The molecule has 1 saturated heterocycles. The van der Waals surface area contributed by atoms with E-state index in [2.05, 4.69) is 31.6 Å². The van der Waals surface area contributed by atoms with Gasteiger partial charge in [0.1, 0.15) is 5.82 Å². The van der Waals surface area contributed by atoms with Crippen molar-refractivity contribution >= 4 is 16.7 Å². The molecule has 5 rings (SSSR count). The molecule has 1 saturated carbocycles. The fourth-order valence-electron chi connectivity index (χ4n) is 3.97. The summed E-state index contributed by atoms with van der Waals surface area (Å²) < 4.78 is 2.20. The number of likely N-dealkylation sites (tertiary alicyclic amines) is 1. The number of carbonyl (C=O) groups excluding carboxylic acids is 1. The predicted molar refractivity (Wildman–Crippen MR) is 95.8 cm³/mol. The molecular weight excluding hydrogens is 312 g/mol. The van der Waals surface area contributed by atoms with Gasteiger partial charge in [0.25, 0.3) is 0 Å². The van der Waals surface area contributed by atoms with Crippen LogP contribution >= 0.6 is 0 Å². The lowest BCUT2D eigenvalue weighted by atomic mass is 10.1. The van der Waals surface area contributed by atoms with E-state index in [-0.39, 0.29) is 0 Å². The molecule has 1 atom stereocenters. The quantitative estimate of drug-likeness (QED) is 0.738. The summed E-state index contributed by atoms with van der Waals surface area (Å²) >= 11 is 0. The van der Waals surface area contributed by atoms with Gasteiger partial charge < -0.3 is 9.47 Å². The highest BCUT2D eigenvalue weighted by Gasteiger charge is 2.39. The Kier molecular flexibility index (Phi) is 3.33. The number of hydrogen-bond acceptors (Lipinski definition) is 3. The van der Waals surface area contributed by atoms with E-state index in [0.29, 0.717) is 24.3 Å². The largest absolute Gasteiger partial charge is 0.339 e. The van der Waals surface area contributed by atoms with Crippen LogP contribution in [0.1, 0.15) is 19.3 Å². The topological polar surface area (TPSA) is 51.0 Å². The molecule has 1 aromatic carbocycles. The van der Waals surface area contributed by atoms with Crippen LogP contribution < -0.4 is 0 Å². The van der Waals surface area contributed by atoms with Gasteiger partial charge in [-0.05, 0) is 24.3 Å². The Bertz CT molecular complexity index is 938. The minimum absolute atomic E-state index is 0.324. The minimum atomic E-state index is 0.324. The van der Waals surface area contributed by atoms with Crippen molar-refractivity contribution in [1.82, 2.24) is 19.4 Å². The van der Waals surface area contributed by atoms with Crippen molar-refractivity contribution in [2.75, 3.05) is 6.54 Å². The van der Waals surface area contributed by atoms with E-state index in [1.54, 1.807) is 0 Å². The number of nitrogens with zero attached hydrogens (tertiary/aromatic N) is 4. The highest BCUT2D eigenvalue weighted by atomic mass is 16.2. The second kappa shape index (κ2) is 5.69. The molecule has 0 N–H and O–H groups in total. The maximum Gasteiger partial charge on any atom is 0.223 e. The molecule has 2 fully saturated rings. The van der Waals surface area contributed by atoms with Crippen molar-refractivity contribution in [3.8, 4) is 11.4 Å². The highest BCUT2D eigenvalue weighted by molar-refractivity contribution is 5.94. The fraction of sp³-hybridized carbons (Fsp3) is 0.350. The van der Waals surface area contributed by atoms with Crippen LogP contribution in [0.3, 0.4) is 0 Å². The molecule has 0 bridgehead atoms. The van der Waals surface area contributed by atoms with Crippen molar-refractivity contribution < 1.29 is 4.79 Å². The summed E-state index contributed by atoms with van der Waals surface area (Å²) in [5.74, 6) is 1.66. The molecule has 1 aliphatic carbocycles. The van der Waals surface area contributed by atoms with Crippen LogP contribution in [0.15, 0.2) is 49.1 Å². The van der Waals surface area contributed by atoms with Gasteiger partial charge >= 0.3 is 0 Å². The molecule has 3 aromatic rings. The second-order valence-electron chi connectivity index (χ2n) is 7.15. The molecule has 0 spiro atoms. The first-order valence-electron chi connectivity index (χ1n) is 8.93. The number of pyridine rings is 1. The summed E-state index contributed by atoms with van der Waals surface area (Å²) in [6, 6.07) is 8.79. The van der Waals surface area contributed by atoms with Gasteiger partial charge in [-0.3, -0.25) is 9.78 Å². The number of fused-ring (bicyclic) bond motifs is 1. The van der Waals surface area contributed by atoms with Gasteiger partial charge in [-0.25, -0.2) is 4.98 Å². The first kappa shape index (κ1) is 14.6. The predicted octanol–water partition coefficient (Wildman–Crippen LogP) is 3.11. The summed E-state index contributed by atoms with van der Waals surface area (Å²) in [6.45, 7) is 1.73. The summed E-state index contributed by atoms with van der Waals surface area (Å²) in [5, 5.41) is 2.28. The summed E-state index contributed by atoms with van der Waals surface area (Å²) in [5.41, 5.74) is 1.12. The third-order valence-corrected chi connectivity index (χ3v) is 5.32. The Hall–Kier alpha value is -2.69. The van der Waals surface area contributed by atoms with Gasteiger partial charge in [0.05, 0.1) is 0 Å². The summed E-state index contributed by atoms with van der Waals surface area (Å²) in [7, 11) is 0. The molecule has 5 heteroatoms. The van der Waals surface area contributed by atoms with Crippen molar-refractivity contribution in [3.05, 3.63) is 49.1 Å². The fourth-order valence-corrected chi connectivity index (χ4v) is 3.97. The Morgan fingerprint density at radius 3 is 2.96 bits per heavy atom. The lowest BCUT2D eigenvalue weighted by Crippen LogP contribution is -2.27. The van der Waals surface area contributed by atoms with Crippen LogP contribution in [0, 0.1) is 5.92 Å². The molecule has 2 aliphatic rings. The molecule has 0 radical (unpaired) electrons. The Balaban J connectivity index is 1.45. The Morgan fingerprint density at radius 2 is 2.08 bits per heavy atom. The molecule has 3 heterocycles. The maximum atomic E-state index is 12.2. The van der Waals surface area contributed by atoms with Gasteiger partial charge in [0.2, 0.25) is 5.91 Å². The Labute approximate surface area is 146 Å². The monoisotopic (exact) mass is 332 g/mol. The van der Waals surface area contributed by atoms with E-state index in [4.69, 9.17) is 0 Å². The normalized spacial score (nSPS) is 20.6. The van der Waals surface area contributed by atoms with Crippen LogP contribution in [0.2, 0.25) is 0 Å². The molecule has 25 heavy (non-hydrogen) atoms. The average molecular weight is 332 g/mol. The number of benzene rings is 1. The molecule has 1 unspecified atom stereocenters. The minimum Gasteiger partial charge on any atom is -0.339 e. The van der Waals surface area contributed by atoms with Crippen molar-refractivity contribution in [2.24, 2.45) is 5.92 Å². The zero-order valence-corrected chi connectivity index (χ0v) is 14.0. The SMILES string of the molecule is O=C1CC(Cn2ccnc2-c2cccc3cnccc23)CN1C1CC1. The van der Waals surface area contributed by atoms with Crippen molar-refractivity contribution in [3.63, 3.8) is 0 Å². The number of carbonyl (C=O) groups is 1. The zero-order valence-electron chi connectivity index (χ0n) is 14.0.